The highest BCUT2D eigenvalue weighted by atomic mass is 14.6. The molecule has 0 spiro atoms. The Morgan fingerprint density at radius 1 is 1.00 bits per heavy atom. The summed E-state index contributed by atoms with van der Waals surface area (Å²) in [6, 6.07) is 2.23. The molecule has 0 N–H and O–H groups in total. The van der Waals surface area contributed by atoms with Gasteiger partial charge in [0.2, 0.25) is 0 Å². The van der Waals surface area contributed by atoms with Crippen molar-refractivity contribution in [3.05, 3.63) is 33.9 Å². The van der Waals surface area contributed by atoms with Crippen molar-refractivity contribution >= 4 is 6.21 Å². The monoisotopic (exact) mass is 175 g/mol. The van der Waals surface area contributed by atoms with Gasteiger partial charge in [0.15, 0.2) is 0 Å². The van der Waals surface area contributed by atoms with Crippen molar-refractivity contribution < 1.29 is 0 Å². The van der Waals surface area contributed by atoms with Crippen molar-refractivity contribution in [3.8, 4) is 0 Å². The molecule has 1 rings (SSSR count). The highest BCUT2D eigenvalue weighted by molar-refractivity contribution is 5.84. The van der Waals surface area contributed by atoms with Crippen molar-refractivity contribution in [2.24, 2.45) is 4.99 Å². The lowest BCUT2D eigenvalue weighted by Crippen LogP contribution is -1.97. The topological polar surface area (TPSA) is 12.4 Å². The normalized spacial score (nSPS) is 11.2. The molecule has 0 unspecified atom stereocenters. The molecule has 70 valence electrons. The highest BCUT2D eigenvalue weighted by Gasteiger charge is 2.05. The zero-order valence-electron chi connectivity index (χ0n) is 9.10. The Bertz CT molecular complexity index is 322. The van der Waals surface area contributed by atoms with Crippen LogP contribution in [0.25, 0.3) is 0 Å². The van der Waals surface area contributed by atoms with Crippen molar-refractivity contribution in [1.82, 2.24) is 0 Å². The average Bonchev–Trinajstić information content (AvgIpc) is 2.09. The molecular formula is C12H17N. The summed E-state index contributed by atoms with van der Waals surface area (Å²) in [6.07, 6.45) is 1.95. The molecule has 0 atom stereocenters. The summed E-state index contributed by atoms with van der Waals surface area (Å²) in [6.45, 7) is 8.60. The lowest BCUT2D eigenvalue weighted by molar-refractivity contribution is 1.23. The smallest absolute Gasteiger partial charge is 0.0286 e. The molecule has 1 nitrogen and oxygen atoms in total. The maximum absolute atomic E-state index is 4.08. The fraction of sp³-hybridized carbons (Fsp3) is 0.417. The first-order valence-corrected chi connectivity index (χ1v) is 4.57. The predicted molar refractivity (Wildman–Crippen MR) is 58.9 cm³/mol. The SMILES string of the molecule is CN=Cc1c(C)c(C)cc(C)c1C. The van der Waals surface area contributed by atoms with Crippen LogP contribution in [0.3, 0.4) is 0 Å². The van der Waals surface area contributed by atoms with Gasteiger partial charge in [0.1, 0.15) is 0 Å². The van der Waals surface area contributed by atoms with E-state index in [4.69, 9.17) is 0 Å². The number of hydrogen-bond acceptors (Lipinski definition) is 1. The van der Waals surface area contributed by atoms with Gasteiger partial charge in [0.25, 0.3) is 0 Å². The van der Waals surface area contributed by atoms with Gasteiger partial charge in [-0.2, -0.15) is 0 Å². The summed E-state index contributed by atoms with van der Waals surface area (Å²) in [7, 11) is 1.82. The van der Waals surface area contributed by atoms with Crippen molar-refractivity contribution in [3.63, 3.8) is 0 Å². The Labute approximate surface area is 80.5 Å². The van der Waals surface area contributed by atoms with Crippen LogP contribution in [0, 0.1) is 27.7 Å². The zero-order valence-corrected chi connectivity index (χ0v) is 9.10. The van der Waals surface area contributed by atoms with Crippen LogP contribution in [0.4, 0.5) is 0 Å². The zero-order chi connectivity index (χ0) is 10.0. The van der Waals surface area contributed by atoms with Gasteiger partial charge in [0.05, 0.1) is 0 Å². The fourth-order valence-corrected chi connectivity index (χ4v) is 1.57. The van der Waals surface area contributed by atoms with Gasteiger partial charge in [-0.1, -0.05) is 6.07 Å². The molecule has 0 amide bonds. The van der Waals surface area contributed by atoms with Crippen LogP contribution in [-0.4, -0.2) is 13.3 Å². The maximum Gasteiger partial charge on any atom is 0.0286 e. The van der Waals surface area contributed by atoms with Crippen LogP contribution >= 0.6 is 0 Å². The van der Waals surface area contributed by atoms with Crippen molar-refractivity contribution in [1.29, 1.82) is 0 Å². The van der Waals surface area contributed by atoms with Crippen LogP contribution in [0.5, 0.6) is 0 Å². The van der Waals surface area contributed by atoms with Crippen LogP contribution in [-0.2, 0) is 0 Å². The number of aryl methyl sites for hydroxylation is 2. The van der Waals surface area contributed by atoms with Gasteiger partial charge >= 0.3 is 0 Å². The molecule has 1 heteroatoms. The number of hydrogen-bond donors (Lipinski definition) is 0. The second-order valence-corrected chi connectivity index (χ2v) is 3.56. The molecule has 0 radical (unpaired) electrons. The quantitative estimate of drug-likeness (QED) is 0.582. The second-order valence-electron chi connectivity index (χ2n) is 3.56. The van der Waals surface area contributed by atoms with Gasteiger partial charge < -0.3 is 0 Å². The number of rotatable bonds is 1. The first-order valence-electron chi connectivity index (χ1n) is 4.57. The minimum Gasteiger partial charge on any atom is -0.296 e. The van der Waals surface area contributed by atoms with Crippen LogP contribution in [0.1, 0.15) is 27.8 Å². The molecule has 0 aliphatic rings. The molecule has 1 aromatic carbocycles. The molecule has 0 heterocycles. The molecule has 0 aliphatic carbocycles. The molecule has 0 fully saturated rings. The summed E-state index contributed by atoms with van der Waals surface area (Å²) >= 11 is 0. The Balaban J connectivity index is 3.46. The Hall–Kier alpha value is -1.11. The van der Waals surface area contributed by atoms with E-state index in [0.29, 0.717) is 0 Å². The molecule has 0 saturated carbocycles. The third kappa shape index (κ3) is 1.80. The molecule has 0 aliphatic heterocycles. The summed E-state index contributed by atoms with van der Waals surface area (Å²) in [5.74, 6) is 0. The fourth-order valence-electron chi connectivity index (χ4n) is 1.57. The Kier molecular flexibility index (Phi) is 2.86. The molecule has 1 aromatic rings. The average molecular weight is 175 g/mol. The van der Waals surface area contributed by atoms with Gasteiger partial charge in [-0.15, -0.1) is 0 Å². The van der Waals surface area contributed by atoms with Crippen LogP contribution < -0.4 is 0 Å². The Morgan fingerprint density at radius 3 is 1.85 bits per heavy atom. The maximum atomic E-state index is 4.08. The number of benzene rings is 1. The summed E-state index contributed by atoms with van der Waals surface area (Å²) in [5.41, 5.74) is 6.65. The summed E-state index contributed by atoms with van der Waals surface area (Å²) in [5, 5.41) is 0. The van der Waals surface area contributed by atoms with Crippen molar-refractivity contribution in [2.45, 2.75) is 27.7 Å². The van der Waals surface area contributed by atoms with E-state index in [1.165, 1.54) is 27.8 Å². The number of nitrogens with zero attached hydrogens (tertiary/aromatic N) is 1. The van der Waals surface area contributed by atoms with Crippen molar-refractivity contribution in [2.75, 3.05) is 7.05 Å². The van der Waals surface area contributed by atoms with E-state index in [0.717, 1.165) is 0 Å². The lowest BCUT2D eigenvalue weighted by Gasteiger charge is -2.11. The molecule has 0 bridgehead atoms. The largest absolute Gasteiger partial charge is 0.296 e. The van der Waals surface area contributed by atoms with Crippen LogP contribution in [0.15, 0.2) is 11.1 Å². The van der Waals surface area contributed by atoms with Gasteiger partial charge in [0, 0.05) is 13.3 Å². The van der Waals surface area contributed by atoms with Crippen LogP contribution in [0.2, 0.25) is 0 Å². The van der Waals surface area contributed by atoms with E-state index in [2.05, 4.69) is 38.8 Å². The molecule has 13 heavy (non-hydrogen) atoms. The van der Waals surface area contributed by atoms with E-state index < -0.39 is 0 Å². The van der Waals surface area contributed by atoms with E-state index in [1.54, 1.807) is 0 Å². The predicted octanol–water partition coefficient (Wildman–Crippen LogP) is 2.97. The first-order chi connectivity index (χ1) is 6.07. The van der Waals surface area contributed by atoms with E-state index in [-0.39, 0.29) is 0 Å². The van der Waals surface area contributed by atoms with Gasteiger partial charge in [-0.3, -0.25) is 4.99 Å². The number of aliphatic imine (C=N–C) groups is 1. The third-order valence-electron chi connectivity index (χ3n) is 2.68. The van der Waals surface area contributed by atoms with Gasteiger partial charge in [-0.05, 0) is 55.5 Å². The summed E-state index contributed by atoms with van der Waals surface area (Å²) < 4.78 is 0. The minimum absolute atomic E-state index is 1.28. The standard InChI is InChI=1S/C12H17N/c1-8-6-9(2)11(4)12(7-13-5)10(8)3/h6-7H,1-5H3. The van der Waals surface area contributed by atoms with E-state index >= 15 is 0 Å². The first kappa shape index (κ1) is 9.97. The summed E-state index contributed by atoms with van der Waals surface area (Å²) in [4.78, 5) is 4.08. The van der Waals surface area contributed by atoms with E-state index in [1.807, 2.05) is 13.3 Å². The highest BCUT2D eigenvalue weighted by Crippen LogP contribution is 2.19. The molecular weight excluding hydrogens is 158 g/mol. The molecule has 0 saturated heterocycles. The third-order valence-corrected chi connectivity index (χ3v) is 2.68. The van der Waals surface area contributed by atoms with E-state index in [9.17, 15) is 0 Å². The minimum atomic E-state index is 1.28. The second kappa shape index (κ2) is 3.73. The van der Waals surface area contributed by atoms with Gasteiger partial charge in [-0.25, -0.2) is 0 Å². The lowest BCUT2D eigenvalue weighted by atomic mass is 9.95. The Morgan fingerprint density at radius 2 is 1.46 bits per heavy atom. The molecule has 0 aromatic heterocycles.